The molecule has 10 nitrogen and oxygen atoms in total. The number of aliphatic carboxylic acids is 2. The summed E-state index contributed by atoms with van der Waals surface area (Å²) in [6.07, 6.45) is -0.874. The topological polar surface area (TPSA) is 144 Å². The van der Waals surface area contributed by atoms with E-state index in [0.29, 0.717) is 28.5 Å². The minimum Gasteiger partial charge on any atom is -1.00 e. The summed E-state index contributed by atoms with van der Waals surface area (Å²) >= 11 is 5.02. The van der Waals surface area contributed by atoms with E-state index in [1.807, 2.05) is 49.2 Å². The van der Waals surface area contributed by atoms with Crippen molar-refractivity contribution in [3.05, 3.63) is 0 Å². The molecule has 0 amide bonds. The number of carboxylic acids is 2. The Morgan fingerprint density at radius 1 is 0.938 bits per heavy atom. The van der Waals surface area contributed by atoms with E-state index in [4.69, 9.17) is 31.7 Å². The lowest BCUT2D eigenvalue weighted by Gasteiger charge is -2.28. The number of carbonyl (C=O) groups excluding carboxylic acids is 2. The first-order chi connectivity index (χ1) is 13.8. The number of carbonyl (C=O) groups is 3. The Morgan fingerprint density at radius 3 is 1.59 bits per heavy atom. The van der Waals surface area contributed by atoms with Gasteiger partial charge in [-0.1, -0.05) is 25.4 Å². The minimum absolute atomic E-state index is 0. The SMILES string of the molecule is CCC(=O)O[C@@H](CC(=O)O)C[N+](C)(C)C.CCC(O)Cl.C[N+](C)(C)CC(O)CC(=O)[O-].[Cl-]. The average molecular weight is 509 g/mol. The Balaban J connectivity index is -0.000000203. The van der Waals surface area contributed by atoms with E-state index in [-0.39, 0.29) is 37.6 Å². The van der Waals surface area contributed by atoms with Gasteiger partial charge in [-0.25, -0.2) is 0 Å². The van der Waals surface area contributed by atoms with Crippen molar-refractivity contribution >= 4 is 29.5 Å². The number of carboxylic acid groups (broad SMARTS) is 2. The van der Waals surface area contributed by atoms with Gasteiger partial charge in [0, 0.05) is 18.8 Å². The fourth-order valence-electron chi connectivity index (χ4n) is 2.11. The number of alkyl halides is 1. The molecule has 0 saturated carbocycles. The Labute approximate surface area is 203 Å². The first-order valence-electron chi connectivity index (χ1n) is 10.0. The molecule has 0 aliphatic carbocycles. The van der Waals surface area contributed by atoms with Crippen molar-refractivity contribution in [2.75, 3.05) is 55.4 Å². The maximum Gasteiger partial charge on any atom is 0.307 e. The van der Waals surface area contributed by atoms with Crippen LogP contribution in [0, 0.1) is 0 Å². The van der Waals surface area contributed by atoms with Gasteiger partial charge in [0.15, 0.2) is 6.10 Å². The van der Waals surface area contributed by atoms with Gasteiger partial charge in [0.05, 0.1) is 48.7 Å². The van der Waals surface area contributed by atoms with E-state index in [2.05, 4.69) is 0 Å². The van der Waals surface area contributed by atoms with Crippen molar-refractivity contribution in [2.45, 2.75) is 57.3 Å². The van der Waals surface area contributed by atoms with Crippen LogP contribution in [0.4, 0.5) is 0 Å². The lowest BCUT2D eigenvalue weighted by atomic mass is 10.2. The van der Waals surface area contributed by atoms with E-state index in [1.165, 1.54) is 0 Å². The number of ether oxygens (including phenoxy) is 1. The van der Waals surface area contributed by atoms with Crippen LogP contribution in [0.1, 0.15) is 39.5 Å². The number of hydrogen-bond acceptors (Lipinski definition) is 7. The fourth-order valence-corrected chi connectivity index (χ4v) is 2.11. The summed E-state index contributed by atoms with van der Waals surface area (Å²) in [7, 11) is 11.4. The summed E-state index contributed by atoms with van der Waals surface area (Å²) in [6.45, 7) is 4.43. The maximum absolute atomic E-state index is 11.1. The zero-order chi connectivity index (χ0) is 25.4. The second-order valence-electron chi connectivity index (χ2n) is 9.08. The molecule has 0 spiro atoms. The van der Waals surface area contributed by atoms with Crippen molar-refractivity contribution < 1.29 is 60.9 Å². The van der Waals surface area contributed by atoms with Crippen molar-refractivity contribution in [1.29, 1.82) is 0 Å². The number of aliphatic hydroxyl groups excluding tert-OH is 2. The molecule has 0 saturated heterocycles. The first kappa shape index (κ1) is 38.1. The summed E-state index contributed by atoms with van der Waals surface area (Å²) in [6, 6.07) is 0. The first-order valence-corrected chi connectivity index (χ1v) is 10.5. The fraction of sp³-hybridized carbons (Fsp3) is 0.850. The second kappa shape index (κ2) is 19.3. The van der Waals surface area contributed by atoms with Crippen LogP contribution < -0.4 is 17.5 Å². The molecule has 0 aromatic rings. The molecule has 194 valence electrons. The lowest BCUT2D eigenvalue weighted by Crippen LogP contribution is -3.00. The van der Waals surface area contributed by atoms with E-state index >= 15 is 0 Å². The molecule has 0 radical (unpaired) electrons. The van der Waals surface area contributed by atoms with Crippen LogP contribution in [0.2, 0.25) is 0 Å². The van der Waals surface area contributed by atoms with E-state index in [0.717, 1.165) is 0 Å². The molecule has 3 atom stereocenters. The van der Waals surface area contributed by atoms with E-state index in [1.54, 1.807) is 6.92 Å². The van der Waals surface area contributed by atoms with Crippen LogP contribution in [0.5, 0.6) is 0 Å². The number of halogens is 2. The van der Waals surface area contributed by atoms with Crippen molar-refractivity contribution in [3.63, 3.8) is 0 Å². The molecule has 2 unspecified atom stereocenters. The van der Waals surface area contributed by atoms with Gasteiger partial charge < -0.3 is 51.3 Å². The Morgan fingerprint density at radius 2 is 1.34 bits per heavy atom. The normalized spacial score (nSPS) is 13.6. The second-order valence-corrected chi connectivity index (χ2v) is 9.59. The molecule has 3 N–H and O–H groups in total. The Kier molecular flexibility index (Phi) is 23.0. The molecule has 0 aromatic carbocycles. The number of quaternary nitrogens is 2. The quantitative estimate of drug-likeness (QED) is 0.149. The van der Waals surface area contributed by atoms with Gasteiger partial charge in [0.1, 0.15) is 24.8 Å². The van der Waals surface area contributed by atoms with E-state index in [9.17, 15) is 19.5 Å². The van der Waals surface area contributed by atoms with Crippen LogP contribution in [0.15, 0.2) is 0 Å². The van der Waals surface area contributed by atoms with Crippen LogP contribution in [-0.4, -0.2) is 115 Å². The highest BCUT2D eigenvalue weighted by atomic mass is 35.5. The number of aliphatic hydroxyl groups is 2. The average Bonchev–Trinajstić information content (AvgIpc) is 2.50. The molecule has 0 heterocycles. The third-order valence-electron chi connectivity index (χ3n) is 3.24. The summed E-state index contributed by atoms with van der Waals surface area (Å²) < 4.78 is 6.17. The molecule has 32 heavy (non-hydrogen) atoms. The molecular formula is C20H42Cl2N2O8. The number of rotatable bonds is 11. The van der Waals surface area contributed by atoms with Gasteiger partial charge in [-0.2, -0.15) is 0 Å². The van der Waals surface area contributed by atoms with Gasteiger partial charge in [-0.15, -0.1) is 0 Å². The summed E-state index contributed by atoms with van der Waals surface area (Å²) in [5.41, 5.74) is -0.644. The van der Waals surface area contributed by atoms with Crippen LogP contribution in [0.25, 0.3) is 0 Å². The Bertz CT molecular complexity index is 521. The molecule has 0 bridgehead atoms. The van der Waals surface area contributed by atoms with Crippen molar-refractivity contribution in [3.8, 4) is 0 Å². The van der Waals surface area contributed by atoms with Crippen LogP contribution in [-0.2, 0) is 19.1 Å². The van der Waals surface area contributed by atoms with Gasteiger partial charge in [-0.05, 0) is 6.42 Å². The number of likely N-dealkylation sites (N-methyl/N-ethyl adjacent to an activating group) is 2. The summed E-state index contributed by atoms with van der Waals surface area (Å²) in [4.78, 5) is 31.7. The molecule has 0 rings (SSSR count). The molecule has 0 aliphatic rings. The van der Waals surface area contributed by atoms with Crippen molar-refractivity contribution in [2.24, 2.45) is 0 Å². The third-order valence-corrected chi connectivity index (χ3v) is 3.55. The lowest BCUT2D eigenvalue weighted by molar-refractivity contribution is -0.873. The highest BCUT2D eigenvalue weighted by Crippen LogP contribution is 2.06. The predicted molar refractivity (Wildman–Crippen MR) is 116 cm³/mol. The largest absolute Gasteiger partial charge is 1.00 e. The standard InChI is InChI=1S/C10H19NO4.C7H15NO3.C3H7ClO.ClH/c1-5-10(14)15-8(6-9(12)13)7-11(2,3)4;1-8(2,3)5-6(9)4-7(10)11;1-2-3(4)5;/h8H,5-7H2,1-4H3;6,9H,4-5H2,1-3H3;3,5H,2H2,1H3;1H/t8-;;;/m0.../s1. The number of esters is 1. The smallest absolute Gasteiger partial charge is 0.307 e. The van der Waals surface area contributed by atoms with Crippen LogP contribution in [0.3, 0.4) is 0 Å². The van der Waals surface area contributed by atoms with Gasteiger partial charge in [0.25, 0.3) is 0 Å². The zero-order valence-corrected chi connectivity index (χ0v) is 22.0. The summed E-state index contributed by atoms with van der Waals surface area (Å²) in [5.74, 6) is -2.50. The van der Waals surface area contributed by atoms with Gasteiger partial charge in [-0.3, -0.25) is 9.59 Å². The number of hydrogen-bond donors (Lipinski definition) is 3. The van der Waals surface area contributed by atoms with Gasteiger partial charge >= 0.3 is 11.9 Å². The van der Waals surface area contributed by atoms with Gasteiger partial charge in [0.2, 0.25) is 0 Å². The Hall–Kier alpha value is -1.17. The molecular weight excluding hydrogens is 467 g/mol. The highest BCUT2D eigenvalue weighted by molar-refractivity contribution is 6.19. The van der Waals surface area contributed by atoms with Crippen LogP contribution >= 0.6 is 11.6 Å². The highest BCUT2D eigenvalue weighted by Gasteiger charge is 2.24. The molecule has 12 heteroatoms. The molecule has 0 aromatic heterocycles. The summed E-state index contributed by atoms with van der Waals surface area (Å²) in [5, 5.41) is 35.9. The molecule has 0 aliphatic heterocycles. The minimum atomic E-state index is -1.20. The molecule has 0 fully saturated rings. The van der Waals surface area contributed by atoms with Crippen molar-refractivity contribution in [1.82, 2.24) is 0 Å². The number of nitrogens with zero attached hydrogens (tertiary/aromatic N) is 2. The third kappa shape index (κ3) is 36.2. The van der Waals surface area contributed by atoms with E-state index < -0.39 is 29.7 Å². The zero-order valence-electron chi connectivity index (χ0n) is 20.5. The maximum atomic E-state index is 11.1. The monoisotopic (exact) mass is 508 g/mol. The predicted octanol–water partition coefficient (Wildman–Crippen LogP) is -3.36.